The van der Waals surface area contributed by atoms with E-state index in [1.165, 1.54) is 24.1 Å². The zero-order valence-electron chi connectivity index (χ0n) is 17.9. The lowest BCUT2D eigenvalue weighted by Crippen LogP contribution is -2.27. The average Bonchev–Trinajstić information content (AvgIpc) is 3.06. The van der Waals surface area contributed by atoms with Crippen molar-refractivity contribution in [2.75, 3.05) is 7.11 Å². The molecule has 0 radical (unpaired) electrons. The van der Waals surface area contributed by atoms with Crippen LogP contribution in [-0.2, 0) is 17.9 Å². The van der Waals surface area contributed by atoms with Crippen molar-refractivity contribution < 1.29 is 23.5 Å². The first kappa shape index (κ1) is 24.1. The summed E-state index contributed by atoms with van der Waals surface area (Å²) in [7, 11) is 1.47. The van der Waals surface area contributed by atoms with Crippen molar-refractivity contribution in [3.05, 3.63) is 98.1 Å². The van der Waals surface area contributed by atoms with Crippen LogP contribution in [0.25, 0.3) is 6.08 Å². The zero-order valence-corrected chi connectivity index (χ0v) is 20.2. The summed E-state index contributed by atoms with van der Waals surface area (Å²) in [5.41, 5.74) is 2.09. The monoisotopic (exact) mass is 517 g/mol. The lowest BCUT2D eigenvalue weighted by Gasteiger charge is -2.14. The number of amides is 2. The molecule has 0 bridgehead atoms. The highest BCUT2D eigenvalue weighted by Crippen LogP contribution is 2.39. The zero-order chi connectivity index (χ0) is 24.2. The van der Waals surface area contributed by atoms with Crippen LogP contribution in [0.5, 0.6) is 11.5 Å². The van der Waals surface area contributed by atoms with E-state index in [1.54, 1.807) is 54.6 Å². The highest BCUT2D eigenvalue weighted by Gasteiger charge is 2.35. The summed E-state index contributed by atoms with van der Waals surface area (Å²) >= 11 is 13.3. The van der Waals surface area contributed by atoms with Crippen LogP contribution in [0.1, 0.15) is 16.7 Å². The molecule has 0 spiro atoms. The van der Waals surface area contributed by atoms with Crippen molar-refractivity contribution in [1.82, 2.24) is 4.90 Å². The number of thioether (sulfide) groups is 1. The van der Waals surface area contributed by atoms with Gasteiger partial charge in [0.1, 0.15) is 12.4 Å². The van der Waals surface area contributed by atoms with Gasteiger partial charge in [-0.25, -0.2) is 4.39 Å². The fourth-order valence-electron chi connectivity index (χ4n) is 3.30. The predicted molar refractivity (Wildman–Crippen MR) is 132 cm³/mol. The van der Waals surface area contributed by atoms with Gasteiger partial charge in [-0.15, -0.1) is 0 Å². The highest BCUT2D eigenvalue weighted by atomic mass is 35.5. The van der Waals surface area contributed by atoms with Crippen molar-refractivity contribution in [2.45, 2.75) is 13.2 Å². The first-order valence-corrected chi connectivity index (χ1v) is 11.7. The van der Waals surface area contributed by atoms with E-state index in [4.69, 9.17) is 32.7 Å². The largest absolute Gasteiger partial charge is 0.493 e. The van der Waals surface area contributed by atoms with E-state index >= 15 is 0 Å². The van der Waals surface area contributed by atoms with Gasteiger partial charge in [0.2, 0.25) is 0 Å². The Kier molecular flexibility index (Phi) is 7.46. The molecule has 0 saturated carbocycles. The Morgan fingerprint density at radius 2 is 1.79 bits per heavy atom. The Morgan fingerprint density at radius 3 is 2.50 bits per heavy atom. The van der Waals surface area contributed by atoms with Gasteiger partial charge in [-0.3, -0.25) is 14.5 Å². The Balaban J connectivity index is 1.53. The summed E-state index contributed by atoms with van der Waals surface area (Å²) in [5, 5.41) is 0.433. The van der Waals surface area contributed by atoms with Crippen molar-refractivity contribution >= 4 is 52.2 Å². The second kappa shape index (κ2) is 10.5. The first-order valence-electron chi connectivity index (χ1n) is 10.1. The van der Waals surface area contributed by atoms with Crippen molar-refractivity contribution in [2.24, 2.45) is 0 Å². The molecule has 1 saturated heterocycles. The molecule has 0 N–H and O–H groups in total. The van der Waals surface area contributed by atoms with Crippen molar-refractivity contribution in [3.63, 3.8) is 0 Å². The van der Waals surface area contributed by atoms with Crippen LogP contribution in [0.4, 0.5) is 9.18 Å². The number of hydrogen-bond acceptors (Lipinski definition) is 5. The molecule has 174 valence electrons. The number of carbonyl (C=O) groups is 2. The maximum Gasteiger partial charge on any atom is 0.293 e. The van der Waals surface area contributed by atoms with E-state index in [1.807, 2.05) is 0 Å². The van der Waals surface area contributed by atoms with E-state index in [9.17, 15) is 14.0 Å². The van der Waals surface area contributed by atoms with Gasteiger partial charge in [-0.1, -0.05) is 47.5 Å². The molecule has 5 nitrogen and oxygen atoms in total. The molecule has 34 heavy (non-hydrogen) atoms. The lowest BCUT2D eigenvalue weighted by molar-refractivity contribution is -0.123. The van der Waals surface area contributed by atoms with Crippen LogP contribution in [0.15, 0.2) is 65.6 Å². The minimum atomic E-state index is -0.401. The van der Waals surface area contributed by atoms with Gasteiger partial charge in [0.05, 0.1) is 23.6 Å². The summed E-state index contributed by atoms with van der Waals surface area (Å²) in [6.07, 6.45) is 1.58. The summed E-state index contributed by atoms with van der Waals surface area (Å²) in [6.45, 7) is 0.293. The molecule has 4 rings (SSSR count). The number of halogens is 3. The third kappa shape index (κ3) is 5.55. The molecule has 3 aromatic rings. The summed E-state index contributed by atoms with van der Waals surface area (Å²) in [4.78, 5) is 26.8. The van der Waals surface area contributed by atoms with E-state index < -0.39 is 5.91 Å². The topological polar surface area (TPSA) is 55.8 Å². The molecule has 1 aliphatic heterocycles. The lowest BCUT2D eigenvalue weighted by atomic mass is 10.1. The van der Waals surface area contributed by atoms with Crippen molar-refractivity contribution in [1.29, 1.82) is 0 Å². The maximum absolute atomic E-state index is 13.1. The number of hydrogen-bond donors (Lipinski definition) is 0. The molecule has 1 fully saturated rings. The summed E-state index contributed by atoms with van der Waals surface area (Å²) in [5.74, 6) is -0.0545. The first-order chi connectivity index (χ1) is 16.3. The minimum absolute atomic E-state index is 0.128. The molecule has 0 atom stereocenters. The SMILES string of the molecule is COc1cc(/C=C2\SC(=O)N(Cc3cccc(Cl)c3)C2=O)cc(Cl)c1OCc1ccc(F)cc1. The van der Waals surface area contributed by atoms with Gasteiger partial charge in [0.25, 0.3) is 11.1 Å². The Morgan fingerprint density at radius 1 is 1.03 bits per heavy atom. The number of imide groups is 1. The van der Waals surface area contributed by atoms with Gasteiger partial charge < -0.3 is 9.47 Å². The van der Waals surface area contributed by atoms with E-state index in [2.05, 4.69) is 0 Å². The molecule has 9 heteroatoms. The molecule has 3 aromatic carbocycles. The molecular weight excluding hydrogens is 500 g/mol. The highest BCUT2D eigenvalue weighted by molar-refractivity contribution is 8.18. The van der Waals surface area contributed by atoms with Gasteiger partial charge in [0.15, 0.2) is 11.5 Å². The van der Waals surface area contributed by atoms with Gasteiger partial charge in [0, 0.05) is 5.02 Å². The number of ether oxygens (including phenoxy) is 2. The normalized spacial score (nSPS) is 14.7. The fourth-order valence-corrected chi connectivity index (χ4v) is 4.63. The quantitative estimate of drug-likeness (QED) is 0.317. The van der Waals surface area contributed by atoms with Crippen LogP contribution in [0.3, 0.4) is 0 Å². The van der Waals surface area contributed by atoms with Crippen LogP contribution in [0.2, 0.25) is 10.0 Å². The second-order valence-corrected chi connectivity index (χ2v) is 9.18. The van der Waals surface area contributed by atoms with Gasteiger partial charge in [-0.2, -0.15) is 0 Å². The molecule has 1 aliphatic rings. The molecule has 0 aliphatic carbocycles. The van der Waals surface area contributed by atoms with Crippen LogP contribution >= 0.6 is 35.0 Å². The maximum atomic E-state index is 13.1. The Hall–Kier alpha value is -3.00. The fraction of sp³-hybridized carbons (Fsp3) is 0.120. The number of benzene rings is 3. The Bertz CT molecular complexity index is 1280. The van der Waals surface area contributed by atoms with Crippen LogP contribution < -0.4 is 9.47 Å². The molecular formula is C25H18Cl2FNO4S. The number of methoxy groups -OCH3 is 1. The van der Waals surface area contributed by atoms with E-state index in [-0.39, 0.29) is 34.1 Å². The number of carbonyl (C=O) groups excluding carboxylic acids is 2. The summed E-state index contributed by atoms with van der Waals surface area (Å²) in [6, 6.07) is 16.2. The third-order valence-corrected chi connectivity index (χ3v) is 6.37. The molecule has 0 unspecified atom stereocenters. The van der Waals surface area contributed by atoms with Gasteiger partial charge in [-0.05, 0) is 70.9 Å². The van der Waals surface area contributed by atoms with E-state index in [0.29, 0.717) is 22.1 Å². The molecule has 0 aromatic heterocycles. The predicted octanol–water partition coefficient (Wildman–Crippen LogP) is 6.96. The third-order valence-electron chi connectivity index (χ3n) is 4.95. The molecule has 2 amide bonds. The van der Waals surface area contributed by atoms with Gasteiger partial charge >= 0.3 is 0 Å². The van der Waals surface area contributed by atoms with Crippen LogP contribution in [-0.4, -0.2) is 23.2 Å². The number of rotatable bonds is 7. The van der Waals surface area contributed by atoms with Crippen molar-refractivity contribution in [3.8, 4) is 11.5 Å². The van der Waals surface area contributed by atoms with Crippen LogP contribution in [0, 0.1) is 5.82 Å². The second-order valence-electron chi connectivity index (χ2n) is 7.35. The minimum Gasteiger partial charge on any atom is -0.493 e. The molecule has 1 heterocycles. The number of nitrogens with zero attached hydrogens (tertiary/aromatic N) is 1. The summed E-state index contributed by atoms with van der Waals surface area (Å²) < 4.78 is 24.3. The smallest absolute Gasteiger partial charge is 0.293 e. The average molecular weight is 518 g/mol. The standard InChI is InChI=1S/C25H18Cl2FNO4S/c1-32-21-11-17(10-20(27)23(21)33-14-15-5-7-19(28)8-6-15)12-22-24(30)29(25(31)34-22)13-16-3-2-4-18(26)9-16/h2-12H,13-14H2,1H3/b22-12-. The Labute approximate surface area is 210 Å². The van der Waals surface area contributed by atoms with E-state index in [0.717, 1.165) is 22.9 Å².